The van der Waals surface area contributed by atoms with Gasteiger partial charge in [0.05, 0.1) is 0 Å². The van der Waals surface area contributed by atoms with Crippen LogP contribution in [0.1, 0.15) is 53.8 Å². The molecule has 0 saturated heterocycles. The highest BCUT2D eigenvalue weighted by Crippen LogP contribution is 2.20. The summed E-state index contributed by atoms with van der Waals surface area (Å²) in [6.45, 7) is 2.38. The first-order valence-corrected chi connectivity index (χ1v) is 8.65. The van der Waals surface area contributed by atoms with Crippen molar-refractivity contribution in [2.75, 3.05) is 5.32 Å². The summed E-state index contributed by atoms with van der Waals surface area (Å²) < 4.78 is 0. The van der Waals surface area contributed by atoms with Gasteiger partial charge in [0.25, 0.3) is 5.91 Å². The van der Waals surface area contributed by atoms with Crippen LogP contribution in [0.15, 0.2) is 36.4 Å². The zero-order valence-electron chi connectivity index (χ0n) is 14.1. The Balaban J connectivity index is 1.64. The maximum Gasteiger partial charge on any atom is 0.270 e. The number of carbonyl (C=O) groups is 1. The number of anilines is 1. The Morgan fingerprint density at radius 1 is 1.12 bits per heavy atom. The van der Waals surface area contributed by atoms with E-state index in [1.54, 1.807) is 6.07 Å². The Morgan fingerprint density at radius 3 is 2.62 bits per heavy atom. The zero-order valence-corrected chi connectivity index (χ0v) is 14.1. The molecule has 0 atom stereocenters. The van der Waals surface area contributed by atoms with E-state index in [-0.39, 0.29) is 5.91 Å². The summed E-state index contributed by atoms with van der Waals surface area (Å²) in [4.78, 5) is 21.2. The topological polar surface area (TPSA) is 66.9 Å². The molecule has 1 amide bonds. The molecule has 24 heavy (non-hydrogen) atoms. The highest BCUT2D eigenvalue weighted by Gasteiger charge is 2.16. The largest absolute Gasteiger partial charge is 0.351 e. The first-order valence-electron chi connectivity index (χ1n) is 8.65. The number of nitrogens with zero attached hydrogens (tertiary/aromatic N) is 2. The van der Waals surface area contributed by atoms with Crippen LogP contribution in [-0.4, -0.2) is 21.9 Å². The summed E-state index contributed by atoms with van der Waals surface area (Å²) in [6.07, 6.45) is 6.08. The zero-order chi connectivity index (χ0) is 16.8. The third kappa shape index (κ3) is 4.54. The minimum Gasteiger partial charge on any atom is -0.351 e. The van der Waals surface area contributed by atoms with E-state index < -0.39 is 0 Å². The van der Waals surface area contributed by atoms with Crippen molar-refractivity contribution in [3.8, 4) is 0 Å². The van der Waals surface area contributed by atoms with Gasteiger partial charge in [-0.3, -0.25) is 4.79 Å². The minimum absolute atomic E-state index is 0.170. The molecule has 0 spiro atoms. The van der Waals surface area contributed by atoms with Gasteiger partial charge < -0.3 is 10.6 Å². The molecule has 3 rings (SSSR count). The van der Waals surface area contributed by atoms with Gasteiger partial charge in [-0.05, 0) is 31.4 Å². The van der Waals surface area contributed by atoms with Crippen molar-refractivity contribution >= 4 is 11.9 Å². The second-order valence-corrected chi connectivity index (χ2v) is 6.37. The molecule has 1 aromatic carbocycles. The van der Waals surface area contributed by atoms with Gasteiger partial charge in [0.15, 0.2) is 0 Å². The summed E-state index contributed by atoms with van der Waals surface area (Å²) in [5.74, 6) is 0.391. The van der Waals surface area contributed by atoms with Crippen LogP contribution in [0.2, 0.25) is 0 Å². The molecule has 1 aliphatic carbocycles. The van der Waals surface area contributed by atoms with Crippen molar-refractivity contribution in [2.24, 2.45) is 0 Å². The number of amides is 1. The monoisotopic (exact) mass is 324 g/mol. The average molecular weight is 324 g/mol. The lowest BCUT2D eigenvalue weighted by molar-refractivity contribution is 0.0945. The molecule has 2 aromatic rings. The predicted octanol–water partition coefficient (Wildman–Crippen LogP) is 3.46. The molecule has 0 bridgehead atoms. The molecule has 2 N–H and O–H groups in total. The molecule has 1 heterocycles. The van der Waals surface area contributed by atoms with Gasteiger partial charge in [0, 0.05) is 18.3 Å². The van der Waals surface area contributed by atoms with Crippen LogP contribution < -0.4 is 10.6 Å². The van der Waals surface area contributed by atoms with E-state index in [1.165, 1.54) is 19.3 Å². The molecule has 1 aromatic heterocycles. The highest BCUT2D eigenvalue weighted by atomic mass is 16.1. The fourth-order valence-electron chi connectivity index (χ4n) is 3.05. The van der Waals surface area contributed by atoms with Crippen molar-refractivity contribution < 1.29 is 4.79 Å². The minimum atomic E-state index is -0.170. The maximum absolute atomic E-state index is 12.4. The lowest BCUT2D eigenvalue weighted by Gasteiger charge is -2.23. The second kappa shape index (κ2) is 7.90. The molecular weight excluding hydrogens is 300 g/mol. The number of nitrogens with one attached hydrogen (secondary N) is 2. The number of benzene rings is 1. The molecular formula is C19H24N4O. The van der Waals surface area contributed by atoms with E-state index in [2.05, 4.69) is 20.6 Å². The van der Waals surface area contributed by atoms with E-state index >= 15 is 0 Å². The standard InChI is InChI=1S/C19H24N4O/c1-14-12-17(18(24)20-13-15-8-4-2-5-9-15)23-19(21-14)22-16-10-6-3-7-11-16/h2,4-5,8-9,12,16H,3,6-7,10-11,13H2,1H3,(H,20,24)(H,21,22,23). The smallest absolute Gasteiger partial charge is 0.270 e. The Morgan fingerprint density at radius 2 is 1.88 bits per heavy atom. The molecule has 1 fully saturated rings. The van der Waals surface area contributed by atoms with E-state index in [0.717, 1.165) is 24.1 Å². The highest BCUT2D eigenvalue weighted by molar-refractivity contribution is 5.92. The van der Waals surface area contributed by atoms with Gasteiger partial charge in [0.2, 0.25) is 5.95 Å². The number of aromatic nitrogens is 2. The van der Waals surface area contributed by atoms with Crippen LogP contribution in [0.5, 0.6) is 0 Å². The Labute approximate surface area is 142 Å². The van der Waals surface area contributed by atoms with Crippen LogP contribution in [0.3, 0.4) is 0 Å². The molecule has 1 saturated carbocycles. The molecule has 5 heteroatoms. The summed E-state index contributed by atoms with van der Waals surface area (Å²) in [6, 6.07) is 12.0. The van der Waals surface area contributed by atoms with E-state index in [0.29, 0.717) is 24.2 Å². The average Bonchev–Trinajstić information content (AvgIpc) is 2.61. The first-order chi connectivity index (χ1) is 11.7. The third-order valence-corrected chi connectivity index (χ3v) is 4.32. The van der Waals surface area contributed by atoms with Crippen LogP contribution >= 0.6 is 0 Å². The first kappa shape index (κ1) is 16.4. The fourth-order valence-corrected chi connectivity index (χ4v) is 3.05. The number of rotatable bonds is 5. The van der Waals surface area contributed by atoms with Gasteiger partial charge >= 0.3 is 0 Å². The summed E-state index contributed by atoms with van der Waals surface area (Å²) >= 11 is 0. The lowest BCUT2D eigenvalue weighted by Crippen LogP contribution is -2.27. The Kier molecular flexibility index (Phi) is 5.41. The van der Waals surface area contributed by atoms with Gasteiger partial charge in [-0.2, -0.15) is 0 Å². The molecule has 0 radical (unpaired) electrons. The second-order valence-electron chi connectivity index (χ2n) is 6.37. The number of hydrogen-bond donors (Lipinski definition) is 2. The molecule has 0 aliphatic heterocycles. The summed E-state index contributed by atoms with van der Waals surface area (Å²) in [7, 11) is 0. The van der Waals surface area contributed by atoms with E-state index in [1.807, 2.05) is 37.3 Å². The van der Waals surface area contributed by atoms with Crippen molar-refractivity contribution in [3.63, 3.8) is 0 Å². The summed E-state index contributed by atoms with van der Waals surface area (Å²) in [5.41, 5.74) is 2.28. The number of carbonyl (C=O) groups excluding carboxylic acids is 1. The van der Waals surface area contributed by atoms with Crippen molar-refractivity contribution in [1.82, 2.24) is 15.3 Å². The fraction of sp³-hybridized carbons (Fsp3) is 0.421. The molecule has 126 valence electrons. The van der Waals surface area contributed by atoms with Crippen LogP contribution in [0.4, 0.5) is 5.95 Å². The van der Waals surface area contributed by atoms with Gasteiger partial charge in [-0.15, -0.1) is 0 Å². The number of aryl methyl sites for hydroxylation is 1. The van der Waals surface area contributed by atoms with Gasteiger partial charge in [-0.25, -0.2) is 9.97 Å². The third-order valence-electron chi connectivity index (χ3n) is 4.32. The Bertz CT molecular complexity index is 681. The van der Waals surface area contributed by atoms with Gasteiger partial charge in [-0.1, -0.05) is 49.6 Å². The van der Waals surface area contributed by atoms with Crippen molar-refractivity contribution in [3.05, 3.63) is 53.3 Å². The van der Waals surface area contributed by atoms with Crippen LogP contribution in [0, 0.1) is 6.92 Å². The predicted molar refractivity (Wildman–Crippen MR) is 94.9 cm³/mol. The lowest BCUT2D eigenvalue weighted by atomic mass is 9.96. The molecule has 5 nitrogen and oxygen atoms in total. The summed E-state index contributed by atoms with van der Waals surface area (Å²) in [5, 5.41) is 6.30. The van der Waals surface area contributed by atoms with Gasteiger partial charge in [0.1, 0.15) is 5.69 Å². The number of hydrogen-bond acceptors (Lipinski definition) is 4. The van der Waals surface area contributed by atoms with Crippen molar-refractivity contribution in [2.45, 2.75) is 51.6 Å². The Hall–Kier alpha value is -2.43. The molecule has 1 aliphatic rings. The van der Waals surface area contributed by atoms with E-state index in [9.17, 15) is 4.79 Å². The maximum atomic E-state index is 12.4. The SMILES string of the molecule is Cc1cc(C(=O)NCc2ccccc2)nc(NC2CCCCC2)n1. The quantitative estimate of drug-likeness (QED) is 0.884. The van der Waals surface area contributed by atoms with Crippen LogP contribution in [-0.2, 0) is 6.54 Å². The molecule has 0 unspecified atom stereocenters. The normalized spacial score (nSPS) is 15.0. The van der Waals surface area contributed by atoms with E-state index in [4.69, 9.17) is 0 Å². The van der Waals surface area contributed by atoms with Crippen molar-refractivity contribution in [1.29, 1.82) is 0 Å². The van der Waals surface area contributed by atoms with Crippen LogP contribution in [0.25, 0.3) is 0 Å².